The van der Waals surface area contributed by atoms with E-state index in [0.29, 0.717) is 22.6 Å². The van der Waals surface area contributed by atoms with Crippen molar-refractivity contribution in [3.63, 3.8) is 0 Å². The number of nitro benzene ring substituents is 1. The van der Waals surface area contributed by atoms with Gasteiger partial charge in [0, 0.05) is 23.8 Å². The van der Waals surface area contributed by atoms with E-state index in [9.17, 15) is 24.8 Å². The van der Waals surface area contributed by atoms with E-state index in [0.717, 1.165) is 4.90 Å². The maximum absolute atomic E-state index is 13.0. The third kappa shape index (κ3) is 3.47. The summed E-state index contributed by atoms with van der Waals surface area (Å²) in [5.74, 6) is -1.16. The molecule has 1 atom stereocenters. The van der Waals surface area contributed by atoms with Crippen molar-refractivity contribution in [3.05, 3.63) is 87.2 Å². The van der Waals surface area contributed by atoms with E-state index in [1.54, 1.807) is 31.2 Å². The van der Waals surface area contributed by atoms with Gasteiger partial charge in [-0.2, -0.15) is 0 Å². The van der Waals surface area contributed by atoms with Gasteiger partial charge in [-0.3, -0.25) is 24.6 Å². The predicted molar refractivity (Wildman–Crippen MR) is 112 cm³/mol. The summed E-state index contributed by atoms with van der Waals surface area (Å²) in [6.07, 6.45) is 0. The Hall–Kier alpha value is -4.47. The van der Waals surface area contributed by atoms with Gasteiger partial charge in [-0.15, -0.1) is 0 Å². The molecule has 1 unspecified atom stereocenters. The summed E-state index contributed by atoms with van der Waals surface area (Å²) in [6.45, 7) is 1.63. The molecule has 10 heteroatoms. The molecule has 1 aliphatic heterocycles. The van der Waals surface area contributed by atoms with Crippen LogP contribution in [0, 0.1) is 17.0 Å². The van der Waals surface area contributed by atoms with Gasteiger partial charge in [0.25, 0.3) is 11.5 Å². The zero-order valence-corrected chi connectivity index (χ0v) is 17.0. The molecule has 2 aromatic carbocycles. The normalized spacial score (nSPS) is 17.6. The molecule has 1 aromatic heterocycles. The van der Waals surface area contributed by atoms with E-state index in [1.807, 2.05) is 0 Å². The quantitative estimate of drug-likeness (QED) is 0.211. The number of carbonyl (C=O) groups is 2. The second-order valence-electron chi connectivity index (χ2n) is 7.04. The number of nitro groups is 1. The molecular formula is C22H17N3O7. The van der Waals surface area contributed by atoms with Gasteiger partial charge in [0.15, 0.2) is 5.82 Å². The number of amides is 1. The molecule has 162 valence electrons. The topological polar surface area (TPSA) is 136 Å². The molecular weight excluding hydrogens is 418 g/mol. The molecule has 0 aliphatic carbocycles. The third-order valence-corrected chi connectivity index (χ3v) is 5.09. The number of benzene rings is 2. The monoisotopic (exact) mass is 435 g/mol. The summed E-state index contributed by atoms with van der Waals surface area (Å²) in [4.78, 5) is 37.5. The smallest absolute Gasteiger partial charge is 0.301 e. The summed E-state index contributed by atoms with van der Waals surface area (Å²) >= 11 is 0. The minimum Gasteiger partial charge on any atom is -0.507 e. The molecule has 32 heavy (non-hydrogen) atoms. The average molecular weight is 435 g/mol. The Labute approximate surface area is 181 Å². The van der Waals surface area contributed by atoms with Gasteiger partial charge in [-0.25, -0.2) is 0 Å². The lowest BCUT2D eigenvalue weighted by Crippen LogP contribution is -2.29. The van der Waals surface area contributed by atoms with Crippen molar-refractivity contribution in [1.29, 1.82) is 0 Å². The number of aliphatic hydroxyl groups excluding tert-OH is 1. The molecule has 4 rings (SSSR count). The average Bonchev–Trinajstić information content (AvgIpc) is 3.34. The highest BCUT2D eigenvalue weighted by molar-refractivity contribution is 6.51. The molecule has 3 aromatic rings. The number of rotatable bonds is 5. The Bertz CT molecular complexity index is 1240. The molecule has 0 radical (unpaired) electrons. The number of carbonyl (C=O) groups excluding carboxylic acids is 2. The number of Topliss-reactive ketones (excluding diaryl/α,β-unsaturated/α-hetero) is 1. The van der Waals surface area contributed by atoms with Crippen LogP contribution in [-0.2, 0) is 9.59 Å². The number of anilines is 1. The number of aromatic nitrogens is 1. The molecule has 10 nitrogen and oxygen atoms in total. The minimum atomic E-state index is -1.07. The first-order chi connectivity index (χ1) is 15.3. The summed E-state index contributed by atoms with van der Waals surface area (Å²) < 4.78 is 10.2. The van der Waals surface area contributed by atoms with Crippen molar-refractivity contribution in [2.45, 2.75) is 13.0 Å². The zero-order chi connectivity index (χ0) is 23.0. The first-order valence-electron chi connectivity index (χ1n) is 9.45. The highest BCUT2D eigenvalue weighted by Gasteiger charge is 2.48. The number of hydrogen-bond donors (Lipinski definition) is 1. The van der Waals surface area contributed by atoms with Crippen molar-refractivity contribution in [2.75, 3.05) is 12.0 Å². The molecule has 0 bridgehead atoms. The first-order valence-corrected chi connectivity index (χ1v) is 9.45. The van der Waals surface area contributed by atoms with Crippen molar-refractivity contribution < 1.29 is 28.9 Å². The number of ether oxygens (including phenoxy) is 1. The second kappa shape index (κ2) is 7.99. The number of aliphatic hydroxyl groups is 1. The summed E-state index contributed by atoms with van der Waals surface area (Å²) in [6, 6.07) is 12.1. The van der Waals surface area contributed by atoms with Crippen LogP contribution >= 0.6 is 0 Å². The van der Waals surface area contributed by atoms with Gasteiger partial charge in [0.1, 0.15) is 17.3 Å². The number of ketones is 1. The van der Waals surface area contributed by atoms with Crippen LogP contribution in [-0.4, -0.2) is 34.0 Å². The van der Waals surface area contributed by atoms with Crippen LogP contribution in [0.3, 0.4) is 0 Å². The van der Waals surface area contributed by atoms with E-state index < -0.39 is 28.4 Å². The van der Waals surface area contributed by atoms with E-state index in [4.69, 9.17) is 9.26 Å². The Balaban J connectivity index is 1.90. The van der Waals surface area contributed by atoms with Crippen LogP contribution in [0.5, 0.6) is 5.75 Å². The predicted octanol–water partition coefficient (Wildman–Crippen LogP) is 3.53. The van der Waals surface area contributed by atoms with Crippen LogP contribution in [0.1, 0.15) is 22.9 Å². The fraction of sp³-hybridized carbons (Fsp3) is 0.136. The van der Waals surface area contributed by atoms with E-state index in [2.05, 4.69) is 5.16 Å². The van der Waals surface area contributed by atoms with Crippen LogP contribution in [0.15, 0.2) is 64.7 Å². The molecule has 1 fully saturated rings. The number of methoxy groups -OCH3 is 1. The van der Waals surface area contributed by atoms with Crippen molar-refractivity contribution >= 4 is 29.0 Å². The van der Waals surface area contributed by atoms with Gasteiger partial charge in [-0.1, -0.05) is 5.16 Å². The van der Waals surface area contributed by atoms with E-state index in [1.165, 1.54) is 37.4 Å². The molecule has 0 saturated carbocycles. The van der Waals surface area contributed by atoms with Crippen molar-refractivity contribution in [1.82, 2.24) is 5.16 Å². The van der Waals surface area contributed by atoms with Gasteiger partial charge in [0.05, 0.1) is 23.6 Å². The fourth-order valence-electron chi connectivity index (χ4n) is 3.53. The molecule has 0 spiro atoms. The van der Waals surface area contributed by atoms with E-state index in [-0.39, 0.29) is 17.1 Å². The Morgan fingerprint density at radius 2 is 1.81 bits per heavy atom. The summed E-state index contributed by atoms with van der Waals surface area (Å²) in [5, 5.41) is 25.9. The molecule has 1 amide bonds. The van der Waals surface area contributed by atoms with Crippen molar-refractivity contribution in [2.24, 2.45) is 0 Å². The van der Waals surface area contributed by atoms with Gasteiger partial charge >= 0.3 is 5.91 Å². The zero-order valence-electron chi connectivity index (χ0n) is 17.0. The molecule has 1 saturated heterocycles. The number of aryl methyl sites for hydroxylation is 1. The van der Waals surface area contributed by atoms with Crippen LogP contribution < -0.4 is 9.64 Å². The standard InChI is InChI=1S/C22H17N3O7/c1-12-11-17(23-32-12)24-19(13-3-7-15(8-4-13)25(29)30)18(21(27)22(24)28)20(26)14-5-9-16(31-2)10-6-14/h3-11,19,26H,1-2H3/b20-18+. The van der Waals surface area contributed by atoms with Crippen molar-refractivity contribution in [3.8, 4) is 5.75 Å². The Kier molecular flexibility index (Phi) is 5.19. The van der Waals surface area contributed by atoms with Crippen LogP contribution in [0.25, 0.3) is 5.76 Å². The number of non-ortho nitro benzene ring substituents is 1. The maximum Gasteiger partial charge on any atom is 0.301 e. The van der Waals surface area contributed by atoms with E-state index >= 15 is 0 Å². The van der Waals surface area contributed by atoms with Crippen LogP contribution in [0.2, 0.25) is 0 Å². The Morgan fingerprint density at radius 3 is 2.34 bits per heavy atom. The maximum atomic E-state index is 13.0. The SMILES string of the molecule is COc1ccc(/C(O)=C2\C(=O)C(=O)N(c3cc(C)on3)C2c2ccc([N+](=O)[O-])cc2)cc1. The lowest BCUT2D eigenvalue weighted by molar-refractivity contribution is -0.384. The molecule has 1 aliphatic rings. The lowest BCUT2D eigenvalue weighted by Gasteiger charge is -2.22. The minimum absolute atomic E-state index is 0.0849. The van der Waals surface area contributed by atoms with Gasteiger partial charge in [-0.05, 0) is 48.9 Å². The lowest BCUT2D eigenvalue weighted by atomic mass is 9.95. The first kappa shape index (κ1) is 20.8. The third-order valence-electron chi connectivity index (χ3n) is 5.09. The van der Waals surface area contributed by atoms with Crippen LogP contribution in [0.4, 0.5) is 11.5 Å². The van der Waals surface area contributed by atoms with Gasteiger partial charge < -0.3 is 14.4 Å². The number of hydrogen-bond acceptors (Lipinski definition) is 8. The molecule has 2 heterocycles. The summed E-state index contributed by atoms with van der Waals surface area (Å²) in [5.41, 5.74) is 0.352. The summed E-state index contributed by atoms with van der Waals surface area (Å²) in [7, 11) is 1.49. The largest absolute Gasteiger partial charge is 0.507 e. The Morgan fingerprint density at radius 1 is 1.16 bits per heavy atom. The second-order valence-corrected chi connectivity index (χ2v) is 7.04. The molecule has 1 N–H and O–H groups in total. The fourth-order valence-corrected chi connectivity index (χ4v) is 3.53. The van der Waals surface area contributed by atoms with Gasteiger partial charge in [0.2, 0.25) is 0 Å². The highest BCUT2D eigenvalue weighted by atomic mass is 16.6. The highest BCUT2D eigenvalue weighted by Crippen LogP contribution is 2.42. The number of nitrogens with zero attached hydrogens (tertiary/aromatic N) is 3.